The molecule has 0 fully saturated rings. The van der Waals surface area contributed by atoms with Gasteiger partial charge >= 0.3 is 5.97 Å². The number of carbonyl (C=O) groups excluding carboxylic acids is 1. The predicted octanol–water partition coefficient (Wildman–Crippen LogP) is 3.74. The molecule has 1 aromatic carbocycles. The van der Waals surface area contributed by atoms with E-state index < -0.39 is 0 Å². The van der Waals surface area contributed by atoms with Crippen LogP contribution in [0.2, 0.25) is 0 Å². The fourth-order valence-electron chi connectivity index (χ4n) is 1.65. The van der Waals surface area contributed by atoms with E-state index in [1.165, 1.54) is 3.57 Å². The molecule has 0 saturated carbocycles. The summed E-state index contributed by atoms with van der Waals surface area (Å²) in [5.41, 5.74) is 1.06. The van der Waals surface area contributed by atoms with Crippen LogP contribution in [0.3, 0.4) is 0 Å². The molecule has 0 heterocycles. The second-order valence-electron chi connectivity index (χ2n) is 3.64. The van der Waals surface area contributed by atoms with Crippen molar-refractivity contribution in [3.05, 3.63) is 33.4 Å². The highest BCUT2D eigenvalue weighted by Crippen LogP contribution is 2.23. The molecule has 0 amide bonds. The van der Waals surface area contributed by atoms with Crippen LogP contribution in [0.5, 0.6) is 0 Å². The molecule has 3 heteroatoms. The molecule has 0 saturated heterocycles. The van der Waals surface area contributed by atoms with Crippen LogP contribution in [-0.4, -0.2) is 12.6 Å². The van der Waals surface area contributed by atoms with Crippen molar-refractivity contribution >= 4 is 28.6 Å². The van der Waals surface area contributed by atoms with Crippen molar-refractivity contribution in [2.24, 2.45) is 0 Å². The molecule has 16 heavy (non-hydrogen) atoms. The lowest BCUT2D eigenvalue weighted by Crippen LogP contribution is -2.15. The zero-order chi connectivity index (χ0) is 12.0. The smallest absolute Gasteiger partial charge is 0.313 e. The molecular formula is C13H17IO2. The molecule has 2 nitrogen and oxygen atoms in total. The lowest BCUT2D eigenvalue weighted by atomic mass is 9.95. The summed E-state index contributed by atoms with van der Waals surface area (Å²) in [5, 5.41) is 0. The summed E-state index contributed by atoms with van der Waals surface area (Å²) in [6, 6.07) is 8.08. The van der Waals surface area contributed by atoms with E-state index in [1.807, 2.05) is 31.2 Å². The summed E-state index contributed by atoms with van der Waals surface area (Å²) in [7, 11) is 0. The molecule has 0 aliphatic carbocycles. The maximum atomic E-state index is 11.8. The lowest BCUT2D eigenvalue weighted by Gasteiger charge is -2.15. The van der Waals surface area contributed by atoms with Gasteiger partial charge in [-0.1, -0.05) is 25.5 Å². The number of hydrogen-bond acceptors (Lipinski definition) is 2. The third-order valence-electron chi connectivity index (χ3n) is 2.42. The van der Waals surface area contributed by atoms with Crippen LogP contribution >= 0.6 is 22.6 Å². The third kappa shape index (κ3) is 3.77. The summed E-state index contributed by atoms with van der Waals surface area (Å²) in [6.45, 7) is 4.37. The van der Waals surface area contributed by atoms with E-state index in [1.54, 1.807) is 0 Å². The molecule has 0 aromatic heterocycles. The van der Waals surface area contributed by atoms with E-state index in [0.29, 0.717) is 6.61 Å². The van der Waals surface area contributed by atoms with Crippen LogP contribution in [0.25, 0.3) is 0 Å². The third-order valence-corrected chi connectivity index (χ3v) is 3.14. The van der Waals surface area contributed by atoms with Crippen molar-refractivity contribution in [1.82, 2.24) is 0 Å². The number of carbonyl (C=O) groups is 1. The van der Waals surface area contributed by atoms with Crippen LogP contribution in [0.1, 0.15) is 38.2 Å². The zero-order valence-corrected chi connectivity index (χ0v) is 11.9. The molecular weight excluding hydrogens is 315 g/mol. The average Bonchev–Trinajstić information content (AvgIpc) is 2.28. The highest BCUT2D eigenvalue weighted by atomic mass is 127. The quantitative estimate of drug-likeness (QED) is 0.607. The number of rotatable bonds is 5. The number of benzene rings is 1. The van der Waals surface area contributed by atoms with Gasteiger partial charge in [-0.15, -0.1) is 0 Å². The molecule has 0 radical (unpaired) electrons. The van der Waals surface area contributed by atoms with E-state index in [2.05, 4.69) is 29.5 Å². The molecule has 0 N–H and O–H groups in total. The van der Waals surface area contributed by atoms with Gasteiger partial charge in [0.25, 0.3) is 0 Å². The molecule has 88 valence electrons. The van der Waals surface area contributed by atoms with Gasteiger partial charge in [0.2, 0.25) is 0 Å². The maximum absolute atomic E-state index is 11.8. The Kier molecular flexibility index (Phi) is 5.80. The predicted molar refractivity (Wildman–Crippen MR) is 73.4 cm³/mol. The molecule has 1 aromatic rings. The molecule has 0 bridgehead atoms. The minimum absolute atomic E-state index is 0.106. The fraction of sp³-hybridized carbons (Fsp3) is 0.462. The summed E-state index contributed by atoms with van der Waals surface area (Å²) in [5.74, 6) is -0.215. The van der Waals surface area contributed by atoms with E-state index in [9.17, 15) is 4.79 Å². The maximum Gasteiger partial charge on any atom is 0.313 e. The first kappa shape index (κ1) is 13.5. The lowest BCUT2D eigenvalue weighted by molar-refractivity contribution is -0.145. The second kappa shape index (κ2) is 6.89. The first-order chi connectivity index (χ1) is 7.69. The Morgan fingerprint density at radius 3 is 2.44 bits per heavy atom. The van der Waals surface area contributed by atoms with Crippen molar-refractivity contribution in [3.63, 3.8) is 0 Å². The summed E-state index contributed by atoms with van der Waals surface area (Å²) < 4.78 is 6.28. The van der Waals surface area contributed by atoms with Crippen molar-refractivity contribution in [2.45, 2.75) is 32.6 Å². The molecule has 0 aliphatic rings. The SMILES string of the molecule is CCCC(C(=O)OCC)c1ccc(I)cc1. The van der Waals surface area contributed by atoms with Gasteiger partial charge in [0.05, 0.1) is 12.5 Å². The molecule has 1 atom stereocenters. The molecule has 0 spiro atoms. The number of halogens is 1. The first-order valence-electron chi connectivity index (χ1n) is 5.61. The van der Waals surface area contributed by atoms with Crippen molar-refractivity contribution < 1.29 is 9.53 Å². The Morgan fingerprint density at radius 2 is 1.94 bits per heavy atom. The Hall–Kier alpha value is -0.580. The van der Waals surface area contributed by atoms with Gasteiger partial charge in [0, 0.05) is 3.57 Å². The summed E-state index contributed by atoms with van der Waals surface area (Å²) in [6.07, 6.45) is 1.83. The summed E-state index contributed by atoms with van der Waals surface area (Å²) in [4.78, 5) is 11.8. The van der Waals surface area contributed by atoms with E-state index in [-0.39, 0.29) is 11.9 Å². The second-order valence-corrected chi connectivity index (χ2v) is 4.89. The fourth-order valence-corrected chi connectivity index (χ4v) is 2.01. The van der Waals surface area contributed by atoms with Crippen molar-refractivity contribution in [3.8, 4) is 0 Å². The molecule has 1 rings (SSSR count). The Bertz CT molecular complexity index is 332. The van der Waals surface area contributed by atoms with Crippen LogP contribution in [-0.2, 0) is 9.53 Å². The van der Waals surface area contributed by atoms with Gasteiger partial charge in [-0.05, 0) is 53.6 Å². The van der Waals surface area contributed by atoms with Gasteiger partial charge in [-0.2, -0.15) is 0 Å². The standard InChI is InChI=1S/C13H17IO2/c1-3-5-12(13(15)16-4-2)10-6-8-11(14)9-7-10/h6-9,12H,3-5H2,1-2H3. The first-order valence-corrected chi connectivity index (χ1v) is 6.69. The minimum atomic E-state index is -0.109. The van der Waals surface area contributed by atoms with Crippen LogP contribution in [0, 0.1) is 3.57 Å². The van der Waals surface area contributed by atoms with E-state index in [4.69, 9.17) is 4.74 Å². The Balaban J connectivity index is 2.84. The monoisotopic (exact) mass is 332 g/mol. The van der Waals surface area contributed by atoms with Gasteiger partial charge in [0.1, 0.15) is 0 Å². The highest BCUT2D eigenvalue weighted by Gasteiger charge is 2.20. The number of hydrogen-bond donors (Lipinski definition) is 0. The van der Waals surface area contributed by atoms with Crippen molar-refractivity contribution in [2.75, 3.05) is 6.61 Å². The zero-order valence-electron chi connectivity index (χ0n) is 9.70. The normalized spacial score (nSPS) is 12.2. The van der Waals surface area contributed by atoms with Gasteiger partial charge in [0.15, 0.2) is 0 Å². The molecule has 0 aliphatic heterocycles. The Labute approximate surface area is 111 Å². The number of ether oxygens (including phenoxy) is 1. The van der Waals surface area contributed by atoms with Gasteiger partial charge < -0.3 is 4.74 Å². The highest BCUT2D eigenvalue weighted by molar-refractivity contribution is 14.1. The summed E-state index contributed by atoms with van der Waals surface area (Å²) >= 11 is 2.26. The van der Waals surface area contributed by atoms with Crippen LogP contribution in [0.15, 0.2) is 24.3 Å². The van der Waals surface area contributed by atoms with Gasteiger partial charge in [-0.3, -0.25) is 4.79 Å². The van der Waals surface area contributed by atoms with Crippen molar-refractivity contribution in [1.29, 1.82) is 0 Å². The number of esters is 1. The topological polar surface area (TPSA) is 26.3 Å². The molecule has 1 unspecified atom stereocenters. The minimum Gasteiger partial charge on any atom is -0.466 e. The van der Waals surface area contributed by atoms with Crippen LogP contribution < -0.4 is 0 Å². The van der Waals surface area contributed by atoms with E-state index >= 15 is 0 Å². The van der Waals surface area contributed by atoms with Crippen LogP contribution in [0.4, 0.5) is 0 Å². The van der Waals surface area contributed by atoms with Gasteiger partial charge in [-0.25, -0.2) is 0 Å². The Morgan fingerprint density at radius 1 is 1.31 bits per heavy atom. The largest absolute Gasteiger partial charge is 0.466 e. The average molecular weight is 332 g/mol. The van der Waals surface area contributed by atoms with E-state index in [0.717, 1.165) is 18.4 Å².